The molecule has 1 N–H and O–H groups in total. The third-order valence-electron chi connectivity index (χ3n) is 3.40. The van der Waals surface area contributed by atoms with Gasteiger partial charge in [0.2, 0.25) is 0 Å². The van der Waals surface area contributed by atoms with Crippen LogP contribution in [0.5, 0.6) is 11.5 Å². The number of rotatable bonds is 2. The zero-order valence-corrected chi connectivity index (χ0v) is 10.1. The van der Waals surface area contributed by atoms with Gasteiger partial charge in [-0.05, 0) is 6.92 Å². The van der Waals surface area contributed by atoms with Crippen molar-refractivity contribution in [3.05, 3.63) is 16.7 Å². The van der Waals surface area contributed by atoms with E-state index in [-0.39, 0.29) is 5.78 Å². The fourth-order valence-electron chi connectivity index (χ4n) is 2.75. The van der Waals surface area contributed by atoms with Gasteiger partial charge in [0.25, 0.3) is 0 Å². The Hall–Kier alpha value is -1.71. The fourth-order valence-corrected chi connectivity index (χ4v) is 2.75. The maximum absolute atomic E-state index is 11.8. The van der Waals surface area contributed by atoms with E-state index in [0.717, 1.165) is 46.7 Å². The average Bonchev–Trinajstić information content (AvgIpc) is 2.92. The predicted octanol–water partition coefficient (Wildman–Crippen LogP) is 1.80. The van der Waals surface area contributed by atoms with Crippen LogP contribution < -0.4 is 14.8 Å². The van der Waals surface area contributed by atoms with Crippen molar-refractivity contribution in [2.75, 3.05) is 25.6 Å². The molecule has 3 rings (SSSR count). The number of benzene rings is 1. The number of hydrogen-bond donors (Lipinski definition) is 1. The minimum atomic E-state index is 0.0625. The quantitative estimate of drug-likeness (QED) is 0.791. The first-order chi connectivity index (χ1) is 8.24. The van der Waals surface area contributed by atoms with Crippen molar-refractivity contribution in [2.24, 2.45) is 0 Å². The number of carbonyl (C=O) groups is 1. The van der Waals surface area contributed by atoms with Crippen molar-refractivity contribution in [3.63, 3.8) is 0 Å². The van der Waals surface area contributed by atoms with Crippen molar-refractivity contribution in [1.29, 1.82) is 0 Å². The van der Waals surface area contributed by atoms with Crippen molar-refractivity contribution in [1.82, 2.24) is 0 Å². The predicted molar refractivity (Wildman–Crippen MR) is 64.4 cm³/mol. The first-order valence-electron chi connectivity index (χ1n) is 5.90. The lowest BCUT2D eigenvalue weighted by Crippen LogP contribution is -2.04. The third-order valence-corrected chi connectivity index (χ3v) is 3.40. The Bertz CT molecular complexity index is 473. The smallest absolute Gasteiger partial charge is 0.163 e. The summed E-state index contributed by atoms with van der Waals surface area (Å²) < 4.78 is 11.3. The van der Waals surface area contributed by atoms with Gasteiger partial charge in [-0.3, -0.25) is 4.79 Å². The van der Waals surface area contributed by atoms with Crippen LogP contribution >= 0.6 is 0 Å². The Morgan fingerprint density at radius 3 is 2.41 bits per heavy atom. The number of fused-ring (bicyclic) bond motifs is 2. The van der Waals surface area contributed by atoms with E-state index >= 15 is 0 Å². The van der Waals surface area contributed by atoms with E-state index < -0.39 is 0 Å². The summed E-state index contributed by atoms with van der Waals surface area (Å²) in [5.41, 5.74) is 3.81. The molecular weight excluding hydrogens is 218 g/mol. The summed E-state index contributed by atoms with van der Waals surface area (Å²) in [7, 11) is 1.88. The highest BCUT2D eigenvalue weighted by Gasteiger charge is 2.32. The van der Waals surface area contributed by atoms with E-state index in [2.05, 4.69) is 5.32 Å². The summed E-state index contributed by atoms with van der Waals surface area (Å²) in [6.07, 6.45) is 1.62. The van der Waals surface area contributed by atoms with E-state index in [1.54, 1.807) is 6.92 Å². The molecule has 0 saturated heterocycles. The van der Waals surface area contributed by atoms with Crippen molar-refractivity contribution in [3.8, 4) is 11.5 Å². The van der Waals surface area contributed by atoms with Crippen LogP contribution in [0.4, 0.5) is 5.69 Å². The number of Topliss-reactive ketones (excluding diaryl/α,β-unsaturated/α-hetero) is 1. The van der Waals surface area contributed by atoms with Crippen LogP contribution in [-0.2, 0) is 12.8 Å². The molecular formula is C13H15NO3. The standard InChI is InChI=1S/C13H15NO3/c1-7(15)10-8-3-5-17-13(8)11(14-2)9-4-6-16-12(9)10/h14H,3-6H2,1-2H3. The van der Waals surface area contributed by atoms with Crippen LogP contribution in [0.3, 0.4) is 0 Å². The summed E-state index contributed by atoms with van der Waals surface area (Å²) in [5, 5.41) is 3.18. The number of ether oxygens (including phenoxy) is 2. The normalized spacial score (nSPS) is 15.9. The Morgan fingerprint density at radius 2 is 1.76 bits per heavy atom. The van der Waals surface area contributed by atoms with E-state index in [1.165, 1.54) is 0 Å². The summed E-state index contributed by atoms with van der Waals surface area (Å²) in [4.78, 5) is 11.8. The molecule has 0 fully saturated rings. The van der Waals surface area contributed by atoms with Gasteiger partial charge in [-0.2, -0.15) is 0 Å². The van der Waals surface area contributed by atoms with Crippen LogP contribution in [0.25, 0.3) is 0 Å². The summed E-state index contributed by atoms with van der Waals surface area (Å²) >= 11 is 0. The fraction of sp³-hybridized carbons (Fsp3) is 0.462. The number of hydrogen-bond acceptors (Lipinski definition) is 4. The lowest BCUT2D eigenvalue weighted by atomic mass is 9.95. The monoisotopic (exact) mass is 233 g/mol. The second-order valence-electron chi connectivity index (χ2n) is 4.37. The van der Waals surface area contributed by atoms with E-state index in [1.807, 2.05) is 7.05 Å². The Balaban J connectivity index is 2.34. The Kier molecular flexibility index (Phi) is 2.24. The molecule has 1 aromatic rings. The molecule has 0 bridgehead atoms. The zero-order valence-electron chi connectivity index (χ0n) is 10.1. The lowest BCUT2D eigenvalue weighted by Gasteiger charge is -2.15. The van der Waals surface area contributed by atoms with Gasteiger partial charge in [-0.1, -0.05) is 0 Å². The minimum absolute atomic E-state index is 0.0625. The second kappa shape index (κ2) is 3.65. The van der Waals surface area contributed by atoms with Gasteiger partial charge in [0.15, 0.2) is 5.78 Å². The highest BCUT2D eigenvalue weighted by molar-refractivity contribution is 6.01. The van der Waals surface area contributed by atoms with Crippen LogP contribution in [-0.4, -0.2) is 26.0 Å². The highest BCUT2D eigenvalue weighted by atomic mass is 16.5. The van der Waals surface area contributed by atoms with Gasteiger partial charge in [0.05, 0.1) is 24.5 Å². The van der Waals surface area contributed by atoms with E-state index in [0.29, 0.717) is 13.2 Å². The molecule has 0 aliphatic carbocycles. The first kappa shape index (κ1) is 10.4. The first-order valence-corrected chi connectivity index (χ1v) is 5.90. The molecule has 0 aromatic heterocycles. The molecule has 0 unspecified atom stereocenters. The minimum Gasteiger partial charge on any atom is -0.492 e. The Morgan fingerprint density at radius 1 is 1.12 bits per heavy atom. The number of ketones is 1. The van der Waals surface area contributed by atoms with Crippen LogP contribution in [0.2, 0.25) is 0 Å². The molecule has 0 atom stereocenters. The zero-order chi connectivity index (χ0) is 12.0. The molecule has 4 nitrogen and oxygen atoms in total. The number of nitrogens with one attached hydrogen (secondary N) is 1. The number of anilines is 1. The largest absolute Gasteiger partial charge is 0.492 e. The summed E-state index contributed by atoms with van der Waals surface area (Å²) in [6.45, 7) is 2.88. The van der Waals surface area contributed by atoms with Gasteiger partial charge < -0.3 is 14.8 Å². The van der Waals surface area contributed by atoms with Crippen molar-refractivity contribution < 1.29 is 14.3 Å². The average molecular weight is 233 g/mol. The second-order valence-corrected chi connectivity index (χ2v) is 4.37. The maximum Gasteiger partial charge on any atom is 0.163 e. The van der Waals surface area contributed by atoms with Crippen LogP contribution in [0.1, 0.15) is 28.4 Å². The molecule has 0 spiro atoms. The van der Waals surface area contributed by atoms with Gasteiger partial charge in [0.1, 0.15) is 11.5 Å². The molecule has 17 heavy (non-hydrogen) atoms. The molecule has 4 heteroatoms. The number of carbonyl (C=O) groups excluding carboxylic acids is 1. The third kappa shape index (κ3) is 1.33. The molecule has 90 valence electrons. The van der Waals surface area contributed by atoms with Gasteiger partial charge in [-0.25, -0.2) is 0 Å². The molecule has 0 saturated carbocycles. The van der Waals surface area contributed by atoms with Crippen molar-refractivity contribution in [2.45, 2.75) is 19.8 Å². The molecule has 1 aromatic carbocycles. The molecule has 2 heterocycles. The highest BCUT2D eigenvalue weighted by Crippen LogP contribution is 2.47. The van der Waals surface area contributed by atoms with Crippen molar-refractivity contribution >= 4 is 11.5 Å². The van der Waals surface area contributed by atoms with Crippen LogP contribution in [0.15, 0.2) is 0 Å². The van der Waals surface area contributed by atoms with Gasteiger partial charge in [0, 0.05) is 31.0 Å². The molecule has 2 aliphatic heterocycles. The topological polar surface area (TPSA) is 47.6 Å². The SMILES string of the molecule is CNc1c2c(c(C(C)=O)c3c1OCC3)OCC2. The van der Waals surface area contributed by atoms with Gasteiger partial charge >= 0.3 is 0 Å². The summed E-state index contributed by atoms with van der Waals surface area (Å²) in [6, 6.07) is 0. The lowest BCUT2D eigenvalue weighted by molar-refractivity contribution is 0.101. The van der Waals surface area contributed by atoms with Gasteiger partial charge in [-0.15, -0.1) is 0 Å². The molecule has 0 amide bonds. The van der Waals surface area contributed by atoms with Crippen LogP contribution in [0, 0.1) is 0 Å². The maximum atomic E-state index is 11.8. The van der Waals surface area contributed by atoms with E-state index in [4.69, 9.17) is 9.47 Å². The molecule has 2 aliphatic rings. The summed E-state index contributed by atoms with van der Waals surface area (Å²) in [5.74, 6) is 1.68. The molecule has 0 radical (unpaired) electrons. The Labute approximate surface area is 99.9 Å². The van der Waals surface area contributed by atoms with E-state index in [9.17, 15) is 4.79 Å².